The predicted molar refractivity (Wildman–Crippen MR) is 75.3 cm³/mol. The normalized spacial score (nSPS) is 24.3. The molecule has 0 spiro atoms. The highest BCUT2D eigenvalue weighted by atomic mass is 32.1. The molecule has 0 saturated carbocycles. The van der Waals surface area contributed by atoms with Gasteiger partial charge in [0.15, 0.2) is 0 Å². The number of hydrogen-bond donors (Lipinski definition) is 1. The van der Waals surface area contributed by atoms with Gasteiger partial charge in [0.2, 0.25) is 22.9 Å². The first kappa shape index (κ1) is 13.9. The number of allylic oxidation sites excluding steroid dienone is 2. The second-order valence-electron chi connectivity index (χ2n) is 5.09. The van der Waals surface area contributed by atoms with Gasteiger partial charge in [0.25, 0.3) is 0 Å². The van der Waals surface area contributed by atoms with Crippen LogP contribution in [0.4, 0.5) is 5.13 Å². The van der Waals surface area contributed by atoms with Gasteiger partial charge in [-0.2, -0.15) is 0 Å². The van der Waals surface area contributed by atoms with E-state index in [9.17, 15) is 14.4 Å². The number of carbonyl (C=O) groups is 3. The predicted octanol–water partition coefficient (Wildman–Crippen LogP) is 0.736. The summed E-state index contributed by atoms with van der Waals surface area (Å²) in [5, 5.41) is 11.2. The van der Waals surface area contributed by atoms with E-state index in [2.05, 4.69) is 15.5 Å². The van der Waals surface area contributed by atoms with Crippen molar-refractivity contribution in [2.75, 3.05) is 11.9 Å². The second kappa shape index (κ2) is 5.36. The Labute approximate surface area is 125 Å². The second-order valence-corrected chi connectivity index (χ2v) is 6.27. The zero-order valence-electron chi connectivity index (χ0n) is 11.4. The van der Waals surface area contributed by atoms with E-state index in [4.69, 9.17) is 0 Å². The molecular formula is C13H14N4O3S. The molecule has 2 heterocycles. The molecule has 3 amide bonds. The summed E-state index contributed by atoms with van der Waals surface area (Å²) >= 11 is 1.24. The number of carbonyl (C=O) groups excluding carboxylic acids is 3. The van der Waals surface area contributed by atoms with E-state index in [0.717, 1.165) is 9.91 Å². The lowest BCUT2D eigenvalue weighted by atomic mass is 9.85. The van der Waals surface area contributed by atoms with Crippen molar-refractivity contribution in [3.05, 3.63) is 17.2 Å². The first-order valence-electron chi connectivity index (χ1n) is 6.66. The lowest BCUT2D eigenvalue weighted by molar-refractivity contribution is -0.142. The largest absolute Gasteiger partial charge is 0.299 e. The van der Waals surface area contributed by atoms with Gasteiger partial charge in [-0.1, -0.05) is 23.5 Å². The first-order valence-corrected chi connectivity index (χ1v) is 7.48. The third kappa shape index (κ3) is 2.58. The van der Waals surface area contributed by atoms with Crippen molar-refractivity contribution < 1.29 is 14.4 Å². The molecule has 0 unspecified atom stereocenters. The van der Waals surface area contributed by atoms with E-state index in [0.29, 0.717) is 18.0 Å². The van der Waals surface area contributed by atoms with Crippen LogP contribution in [-0.4, -0.2) is 39.4 Å². The number of fused-ring (bicyclic) bond motifs is 1. The summed E-state index contributed by atoms with van der Waals surface area (Å²) in [4.78, 5) is 37.4. The van der Waals surface area contributed by atoms with Crippen molar-refractivity contribution in [3.63, 3.8) is 0 Å². The summed E-state index contributed by atoms with van der Waals surface area (Å²) in [6.45, 7) is 1.52. The Balaban J connectivity index is 1.66. The van der Waals surface area contributed by atoms with Crippen LogP contribution in [0.25, 0.3) is 0 Å². The maximum atomic E-state index is 12.2. The number of likely N-dealkylation sites (tertiary alicyclic amines) is 1. The summed E-state index contributed by atoms with van der Waals surface area (Å²) in [5.41, 5.74) is 0. The molecular weight excluding hydrogens is 292 g/mol. The van der Waals surface area contributed by atoms with Gasteiger partial charge in [-0.05, 0) is 19.8 Å². The summed E-state index contributed by atoms with van der Waals surface area (Å²) < 4.78 is 0. The van der Waals surface area contributed by atoms with Crippen LogP contribution in [-0.2, 0) is 14.4 Å². The molecule has 1 aromatic heterocycles. The van der Waals surface area contributed by atoms with Gasteiger partial charge in [-0.15, -0.1) is 10.2 Å². The average Bonchev–Trinajstić information content (AvgIpc) is 2.97. The van der Waals surface area contributed by atoms with Crippen LogP contribution in [0.5, 0.6) is 0 Å². The molecule has 1 fully saturated rings. The zero-order valence-corrected chi connectivity index (χ0v) is 12.2. The minimum absolute atomic E-state index is 0.252. The molecule has 0 radical (unpaired) electrons. The zero-order chi connectivity index (χ0) is 15.0. The molecule has 110 valence electrons. The van der Waals surface area contributed by atoms with Crippen molar-refractivity contribution in [1.82, 2.24) is 15.1 Å². The quantitative estimate of drug-likeness (QED) is 0.656. The average molecular weight is 306 g/mol. The minimum Gasteiger partial charge on any atom is -0.299 e. The van der Waals surface area contributed by atoms with Crippen LogP contribution < -0.4 is 5.32 Å². The number of anilines is 1. The van der Waals surface area contributed by atoms with E-state index in [1.54, 1.807) is 6.92 Å². The maximum absolute atomic E-state index is 12.2. The molecule has 1 aliphatic carbocycles. The highest BCUT2D eigenvalue weighted by Crippen LogP contribution is 2.34. The number of aromatic nitrogens is 2. The minimum atomic E-state index is -0.431. The molecule has 1 saturated heterocycles. The molecule has 1 aliphatic heterocycles. The van der Waals surface area contributed by atoms with Crippen molar-refractivity contribution >= 4 is 34.2 Å². The monoisotopic (exact) mass is 306 g/mol. The van der Waals surface area contributed by atoms with E-state index in [-0.39, 0.29) is 30.2 Å². The Morgan fingerprint density at radius 3 is 2.43 bits per heavy atom. The third-order valence-electron chi connectivity index (χ3n) is 3.67. The molecule has 3 rings (SSSR count). The maximum Gasteiger partial charge on any atom is 0.246 e. The van der Waals surface area contributed by atoms with Crippen LogP contribution in [0.2, 0.25) is 0 Å². The summed E-state index contributed by atoms with van der Waals surface area (Å²) in [7, 11) is 0. The van der Waals surface area contributed by atoms with Gasteiger partial charge in [0.05, 0.1) is 11.8 Å². The molecule has 8 heteroatoms. The van der Waals surface area contributed by atoms with E-state index in [1.165, 1.54) is 11.3 Å². The first-order chi connectivity index (χ1) is 10.1. The Morgan fingerprint density at radius 2 is 1.90 bits per heavy atom. The van der Waals surface area contributed by atoms with Crippen LogP contribution >= 0.6 is 11.3 Å². The Morgan fingerprint density at radius 1 is 1.29 bits per heavy atom. The standard InChI is InChI=1S/C13H14N4O3S/c1-7-15-16-13(21-7)14-10(18)6-17-11(19)8-4-2-3-5-9(8)12(17)20/h2-3,8-9H,4-6H2,1H3,(H,14,16,18)/t8-,9-/m1/s1. The molecule has 1 aromatic rings. The topological polar surface area (TPSA) is 92.3 Å². The molecule has 2 atom stereocenters. The van der Waals surface area contributed by atoms with Crippen molar-refractivity contribution in [3.8, 4) is 0 Å². The smallest absolute Gasteiger partial charge is 0.246 e. The van der Waals surface area contributed by atoms with Crippen LogP contribution in [0, 0.1) is 18.8 Å². The summed E-state index contributed by atoms with van der Waals surface area (Å²) in [6.07, 6.45) is 4.98. The molecule has 7 nitrogen and oxygen atoms in total. The van der Waals surface area contributed by atoms with Crippen molar-refractivity contribution in [2.24, 2.45) is 11.8 Å². The summed E-state index contributed by atoms with van der Waals surface area (Å²) in [5.74, 6) is -1.55. The number of nitrogens with zero attached hydrogens (tertiary/aromatic N) is 3. The number of hydrogen-bond acceptors (Lipinski definition) is 6. The van der Waals surface area contributed by atoms with Gasteiger partial charge < -0.3 is 0 Å². The number of aryl methyl sites for hydroxylation is 1. The number of imide groups is 1. The van der Waals surface area contributed by atoms with Crippen molar-refractivity contribution in [1.29, 1.82) is 0 Å². The lowest BCUT2D eigenvalue weighted by Crippen LogP contribution is -2.38. The fourth-order valence-electron chi connectivity index (χ4n) is 2.67. The van der Waals surface area contributed by atoms with E-state index in [1.807, 2.05) is 12.2 Å². The number of nitrogens with one attached hydrogen (secondary N) is 1. The van der Waals surface area contributed by atoms with Gasteiger partial charge in [-0.25, -0.2) is 0 Å². The van der Waals surface area contributed by atoms with Crippen LogP contribution in [0.15, 0.2) is 12.2 Å². The van der Waals surface area contributed by atoms with Gasteiger partial charge in [0.1, 0.15) is 11.6 Å². The van der Waals surface area contributed by atoms with Gasteiger partial charge in [0, 0.05) is 0 Å². The SMILES string of the molecule is Cc1nnc(NC(=O)CN2C(=O)[C@@H]3CC=CC[C@H]3C2=O)s1. The van der Waals surface area contributed by atoms with Gasteiger partial charge in [-0.3, -0.25) is 24.6 Å². The summed E-state index contributed by atoms with van der Waals surface area (Å²) in [6, 6.07) is 0. The third-order valence-corrected chi connectivity index (χ3v) is 4.43. The fraction of sp³-hybridized carbons (Fsp3) is 0.462. The van der Waals surface area contributed by atoms with E-state index < -0.39 is 5.91 Å². The number of amides is 3. The van der Waals surface area contributed by atoms with Gasteiger partial charge >= 0.3 is 0 Å². The van der Waals surface area contributed by atoms with E-state index >= 15 is 0 Å². The van der Waals surface area contributed by atoms with Crippen LogP contribution in [0.1, 0.15) is 17.8 Å². The number of rotatable bonds is 3. The fourth-order valence-corrected chi connectivity index (χ4v) is 3.28. The lowest BCUT2D eigenvalue weighted by Gasteiger charge is -2.14. The Bertz CT molecular complexity index is 613. The van der Waals surface area contributed by atoms with Crippen molar-refractivity contribution in [2.45, 2.75) is 19.8 Å². The molecule has 21 heavy (non-hydrogen) atoms. The highest BCUT2D eigenvalue weighted by Gasteiger charge is 2.47. The highest BCUT2D eigenvalue weighted by molar-refractivity contribution is 7.15. The molecule has 2 aliphatic rings. The Kier molecular flexibility index (Phi) is 3.54. The molecule has 0 aromatic carbocycles. The Hall–Kier alpha value is -2.09. The molecule has 1 N–H and O–H groups in total. The van der Waals surface area contributed by atoms with Crippen LogP contribution in [0.3, 0.4) is 0 Å². The molecule has 0 bridgehead atoms.